The molecule has 0 fully saturated rings. The Morgan fingerprint density at radius 1 is 1.57 bits per heavy atom. The fourth-order valence-corrected chi connectivity index (χ4v) is 1.55. The molecule has 0 amide bonds. The molecule has 0 aliphatic carbocycles. The highest BCUT2D eigenvalue weighted by atomic mass is 79.9. The number of anilines is 2. The number of nitrogens with zero attached hydrogens (tertiary/aromatic N) is 2. The lowest BCUT2D eigenvalue weighted by Gasteiger charge is -2.13. The third-order valence-corrected chi connectivity index (χ3v) is 2.61. The Balaban J connectivity index is 0. The maximum Gasteiger partial charge on any atom is 0.310 e. The molecule has 0 aliphatic heterocycles. The largest absolute Gasteiger partial charge is 0.466 e. The lowest BCUT2D eigenvalue weighted by atomic mass is 10.2. The van der Waals surface area contributed by atoms with Gasteiger partial charge in [-0.05, 0) is 28.9 Å². The number of nitrogens with one attached hydrogen (secondary N) is 1. The SMILES string of the molecule is C#N.CC.CCOC(=O)C(C)CNc1cc(Br)cnc1N. The van der Waals surface area contributed by atoms with Crippen molar-refractivity contribution in [3.05, 3.63) is 16.7 Å². The van der Waals surface area contributed by atoms with E-state index >= 15 is 0 Å². The predicted molar refractivity (Wildman–Crippen MR) is 88.7 cm³/mol. The van der Waals surface area contributed by atoms with Gasteiger partial charge in [0.25, 0.3) is 0 Å². The molecule has 0 aliphatic rings. The lowest BCUT2D eigenvalue weighted by molar-refractivity contribution is -0.146. The number of nitriles is 1. The van der Waals surface area contributed by atoms with Crippen LogP contribution in [-0.4, -0.2) is 24.1 Å². The first-order valence-electron chi connectivity index (χ1n) is 6.62. The number of halogens is 1. The molecule has 0 radical (unpaired) electrons. The van der Waals surface area contributed by atoms with E-state index in [2.05, 4.69) is 32.8 Å². The van der Waals surface area contributed by atoms with Gasteiger partial charge in [0.05, 0.1) is 18.2 Å². The molecule has 1 aromatic heterocycles. The van der Waals surface area contributed by atoms with E-state index in [0.717, 1.165) is 4.47 Å². The van der Waals surface area contributed by atoms with Crippen LogP contribution in [-0.2, 0) is 9.53 Å². The van der Waals surface area contributed by atoms with Gasteiger partial charge in [-0.25, -0.2) is 10.2 Å². The van der Waals surface area contributed by atoms with Gasteiger partial charge in [0.1, 0.15) is 5.82 Å². The van der Waals surface area contributed by atoms with E-state index in [-0.39, 0.29) is 11.9 Å². The van der Waals surface area contributed by atoms with Crippen LogP contribution in [0.25, 0.3) is 0 Å². The number of nitrogen functional groups attached to an aromatic ring is 1. The number of nitrogens with two attached hydrogens (primary N) is 1. The van der Waals surface area contributed by atoms with Crippen molar-refractivity contribution in [2.24, 2.45) is 5.92 Å². The van der Waals surface area contributed by atoms with Crippen LogP contribution in [0.15, 0.2) is 16.7 Å². The number of aromatic nitrogens is 1. The van der Waals surface area contributed by atoms with Crippen molar-refractivity contribution in [1.82, 2.24) is 4.98 Å². The van der Waals surface area contributed by atoms with E-state index in [4.69, 9.17) is 15.7 Å². The zero-order chi connectivity index (χ0) is 16.8. The number of carbonyl (C=O) groups is 1. The summed E-state index contributed by atoms with van der Waals surface area (Å²) in [7, 11) is 0. The molecule has 6 nitrogen and oxygen atoms in total. The summed E-state index contributed by atoms with van der Waals surface area (Å²) in [6.07, 6.45) is 1.62. The van der Waals surface area contributed by atoms with E-state index in [1.165, 1.54) is 0 Å². The van der Waals surface area contributed by atoms with Crippen LogP contribution >= 0.6 is 15.9 Å². The van der Waals surface area contributed by atoms with Crippen LogP contribution in [0.1, 0.15) is 27.7 Å². The van der Waals surface area contributed by atoms with Crippen LogP contribution in [0.4, 0.5) is 11.5 Å². The average molecular weight is 359 g/mol. The van der Waals surface area contributed by atoms with Gasteiger partial charge in [-0.1, -0.05) is 20.8 Å². The molecule has 1 rings (SSSR count). The third-order valence-electron chi connectivity index (χ3n) is 2.17. The molecular weight excluding hydrogens is 336 g/mol. The summed E-state index contributed by atoms with van der Waals surface area (Å²) in [5, 5.41) is 9.57. The second kappa shape index (κ2) is 13.2. The molecule has 7 heteroatoms. The van der Waals surface area contributed by atoms with Crippen LogP contribution in [0.5, 0.6) is 0 Å². The van der Waals surface area contributed by atoms with Gasteiger partial charge in [0, 0.05) is 23.8 Å². The normalized spacial score (nSPS) is 10.0. The lowest BCUT2D eigenvalue weighted by Crippen LogP contribution is -2.23. The number of carbonyl (C=O) groups excluding carboxylic acids is 1. The Kier molecular flexibility index (Phi) is 13.5. The Morgan fingerprint density at radius 3 is 2.67 bits per heavy atom. The van der Waals surface area contributed by atoms with Gasteiger partial charge in [-0.15, -0.1) is 0 Å². The molecule has 0 saturated heterocycles. The number of rotatable bonds is 5. The quantitative estimate of drug-likeness (QED) is 0.783. The number of hydrogen-bond acceptors (Lipinski definition) is 6. The van der Waals surface area contributed by atoms with Gasteiger partial charge < -0.3 is 15.8 Å². The van der Waals surface area contributed by atoms with E-state index < -0.39 is 0 Å². The fourth-order valence-electron chi connectivity index (χ4n) is 1.22. The Bertz CT molecular complexity index is 438. The van der Waals surface area contributed by atoms with Gasteiger partial charge >= 0.3 is 5.97 Å². The molecule has 0 bridgehead atoms. The number of pyridine rings is 1. The van der Waals surface area contributed by atoms with Crippen LogP contribution in [0, 0.1) is 17.8 Å². The highest BCUT2D eigenvalue weighted by Crippen LogP contribution is 2.20. The average Bonchev–Trinajstić information content (AvgIpc) is 2.52. The third kappa shape index (κ3) is 8.87. The summed E-state index contributed by atoms with van der Waals surface area (Å²) in [4.78, 5) is 15.4. The van der Waals surface area contributed by atoms with Gasteiger partial charge in [0.15, 0.2) is 0 Å². The second-order valence-electron chi connectivity index (χ2n) is 3.62. The number of hydrogen-bond donors (Lipinski definition) is 2. The first kappa shape index (κ1) is 21.5. The molecule has 1 aromatic rings. The second-order valence-corrected chi connectivity index (χ2v) is 4.54. The van der Waals surface area contributed by atoms with Crippen molar-refractivity contribution >= 4 is 33.4 Å². The molecule has 0 aromatic carbocycles. The van der Waals surface area contributed by atoms with Crippen LogP contribution in [0.2, 0.25) is 0 Å². The van der Waals surface area contributed by atoms with Crippen molar-refractivity contribution < 1.29 is 9.53 Å². The minimum Gasteiger partial charge on any atom is -0.466 e. The first-order valence-corrected chi connectivity index (χ1v) is 7.41. The summed E-state index contributed by atoms with van der Waals surface area (Å²) >= 11 is 3.31. The van der Waals surface area contributed by atoms with Gasteiger partial charge in [0.2, 0.25) is 0 Å². The topological polar surface area (TPSA) is 101 Å². The summed E-state index contributed by atoms with van der Waals surface area (Å²) < 4.78 is 5.74. The molecule has 21 heavy (non-hydrogen) atoms. The first-order chi connectivity index (χ1) is 10.0. The molecule has 1 atom stereocenters. The van der Waals surface area contributed by atoms with E-state index in [9.17, 15) is 4.79 Å². The fraction of sp³-hybridized carbons (Fsp3) is 0.500. The predicted octanol–water partition coefficient (Wildman–Crippen LogP) is 3.20. The molecule has 1 heterocycles. The Labute approximate surface area is 134 Å². The smallest absolute Gasteiger partial charge is 0.310 e. The molecule has 1 unspecified atom stereocenters. The molecule has 3 N–H and O–H groups in total. The van der Waals surface area contributed by atoms with E-state index in [0.29, 0.717) is 24.7 Å². The van der Waals surface area contributed by atoms with Crippen molar-refractivity contribution in [2.45, 2.75) is 27.7 Å². The highest BCUT2D eigenvalue weighted by Gasteiger charge is 2.14. The van der Waals surface area contributed by atoms with Gasteiger partial charge in [-0.2, -0.15) is 0 Å². The van der Waals surface area contributed by atoms with E-state index in [1.54, 1.807) is 20.0 Å². The molecule has 0 saturated carbocycles. The maximum absolute atomic E-state index is 11.4. The van der Waals surface area contributed by atoms with Crippen LogP contribution < -0.4 is 11.1 Å². The van der Waals surface area contributed by atoms with Crippen molar-refractivity contribution in [2.75, 3.05) is 24.2 Å². The molecule has 118 valence electrons. The zero-order valence-electron chi connectivity index (χ0n) is 12.9. The number of esters is 1. The van der Waals surface area contributed by atoms with E-state index in [1.807, 2.05) is 19.9 Å². The van der Waals surface area contributed by atoms with Crippen molar-refractivity contribution in [1.29, 1.82) is 5.26 Å². The summed E-state index contributed by atoms with van der Waals surface area (Å²) in [6.45, 7) is 11.9. The molecule has 0 spiro atoms. The van der Waals surface area contributed by atoms with Crippen molar-refractivity contribution in [3.63, 3.8) is 0 Å². The zero-order valence-corrected chi connectivity index (χ0v) is 14.5. The summed E-state index contributed by atoms with van der Waals surface area (Å²) in [5.74, 6) is -0.0425. The minimum atomic E-state index is -0.228. The number of ether oxygens (including phenoxy) is 1. The van der Waals surface area contributed by atoms with Crippen LogP contribution in [0.3, 0.4) is 0 Å². The summed E-state index contributed by atoms with van der Waals surface area (Å²) in [6, 6.07) is 1.82. The van der Waals surface area contributed by atoms with Crippen molar-refractivity contribution in [3.8, 4) is 6.57 Å². The highest BCUT2D eigenvalue weighted by molar-refractivity contribution is 9.10. The standard InChI is InChI=1S/C11H16BrN3O2.C2H6.CHN/c1-3-17-11(16)7(2)5-14-9-4-8(12)6-15-10(9)13;2*1-2/h4,6-7,14H,3,5H2,1-2H3,(H2,13,15);1-2H3;1H. The molecular formula is C14H23BrN4O2. The minimum absolute atomic E-state index is 0.221. The Hall–Kier alpha value is -1.81. The monoisotopic (exact) mass is 358 g/mol. The summed E-state index contributed by atoms with van der Waals surface area (Å²) in [5.41, 5.74) is 6.40. The maximum atomic E-state index is 11.4. The van der Waals surface area contributed by atoms with Gasteiger partial charge in [-0.3, -0.25) is 4.79 Å². The Morgan fingerprint density at radius 2 is 2.14 bits per heavy atom.